The highest BCUT2D eigenvalue weighted by Gasteiger charge is 2.28. The zero-order chi connectivity index (χ0) is 18.4. The molecule has 1 aliphatic rings. The molecule has 1 N–H and O–H groups in total. The highest BCUT2D eigenvalue weighted by atomic mass is 16.2. The molecule has 4 heteroatoms. The van der Waals surface area contributed by atoms with Gasteiger partial charge in [-0.25, -0.2) is 0 Å². The maximum Gasteiger partial charge on any atom is 0.244 e. The number of rotatable bonds is 5. The van der Waals surface area contributed by atoms with Crippen LogP contribution in [0.3, 0.4) is 0 Å². The maximum absolute atomic E-state index is 13.1. The van der Waals surface area contributed by atoms with Gasteiger partial charge < -0.3 is 10.2 Å². The molecule has 136 valence electrons. The number of amides is 2. The van der Waals surface area contributed by atoms with Gasteiger partial charge in [0.15, 0.2) is 0 Å². The molecule has 0 unspecified atom stereocenters. The summed E-state index contributed by atoms with van der Waals surface area (Å²) < 4.78 is 0. The summed E-state index contributed by atoms with van der Waals surface area (Å²) in [6.45, 7) is 3.36. The zero-order valence-electron chi connectivity index (χ0n) is 15.2. The van der Waals surface area contributed by atoms with Crippen LogP contribution in [0.2, 0.25) is 0 Å². The SMILES string of the molecule is C[C@@H](NC(=O)C(c1ccccc1)c1ccccc1)C(=O)N1CCCCC1. The number of nitrogens with zero attached hydrogens (tertiary/aromatic N) is 1. The van der Waals surface area contributed by atoms with Crippen LogP contribution >= 0.6 is 0 Å². The van der Waals surface area contributed by atoms with Crippen molar-refractivity contribution in [3.8, 4) is 0 Å². The Morgan fingerprint density at radius 3 is 1.85 bits per heavy atom. The molecule has 0 aliphatic carbocycles. The summed E-state index contributed by atoms with van der Waals surface area (Å²) in [5.74, 6) is -0.549. The van der Waals surface area contributed by atoms with E-state index in [1.54, 1.807) is 6.92 Å². The van der Waals surface area contributed by atoms with Gasteiger partial charge in [-0.15, -0.1) is 0 Å². The van der Waals surface area contributed by atoms with Crippen molar-refractivity contribution in [2.75, 3.05) is 13.1 Å². The fraction of sp³-hybridized carbons (Fsp3) is 0.364. The highest BCUT2D eigenvalue weighted by molar-refractivity contribution is 5.92. The van der Waals surface area contributed by atoms with Crippen LogP contribution in [0, 0.1) is 0 Å². The molecule has 0 aromatic heterocycles. The summed E-state index contributed by atoms with van der Waals surface area (Å²) in [7, 11) is 0. The van der Waals surface area contributed by atoms with Crippen molar-refractivity contribution >= 4 is 11.8 Å². The lowest BCUT2D eigenvalue weighted by atomic mass is 9.90. The number of carbonyl (C=O) groups excluding carboxylic acids is 2. The van der Waals surface area contributed by atoms with Gasteiger partial charge in [0, 0.05) is 13.1 Å². The minimum Gasteiger partial charge on any atom is -0.344 e. The molecule has 1 atom stereocenters. The molecule has 2 amide bonds. The molecule has 0 radical (unpaired) electrons. The molecular weight excluding hydrogens is 324 g/mol. The molecule has 2 aromatic carbocycles. The molecule has 4 nitrogen and oxygen atoms in total. The number of benzene rings is 2. The minimum atomic E-state index is -0.518. The predicted octanol–water partition coefficient (Wildman–Crippen LogP) is 3.34. The lowest BCUT2D eigenvalue weighted by molar-refractivity contribution is -0.136. The second-order valence-corrected chi connectivity index (χ2v) is 6.87. The van der Waals surface area contributed by atoms with Gasteiger partial charge in [0.1, 0.15) is 6.04 Å². The molecule has 3 rings (SSSR count). The third kappa shape index (κ3) is 4.31. The number of carbonyl (C=O) groups is 2. The van der Waals surface area contributed by atoms with Crippen molar-refractivity contribution in [2.45, 2.75) is 38.1 Å². The third-order valence-electron chi connectivity index (χ3n) is 4.92. The van der Waals surface area contributed by atoms with E-state index < -0.39 is 12.0 Å². The van der Waals surface area contributed by atoms with Crippen LogP contribution < -0.4 is 5.32 Å². The molecule has 1 saturated heterocycles. The van der Waals surface area contributed by atoms with Crippen LogP contribution in [-0.2, 0) is 9.59 Å². The van der Waals surface area contributed by atoms with E-state index in [2.05, 4.69) is 5.32 Å². The van der Waals surface area contributed by atoms with Crippen LogP contribution in [0.1, 0.15) is 43.2 Å². The van der Waals surface area contributed by atoms with Crippen LogP contribution in [0.4, 0.5) is 0 Å². The van der Waals surface area contributed by atoms with Crippen LogP contribution in [0.5, 0.6) is 0 Å². The van der Waals surface area contributed by atoms with Crippen molar-refractivity contribution in [1.82, 2.24) is 10.2 Å². The summed E-state index contributed by atoms with van der Waals surface area (Å²) in [5.41, 5.74) is 1.85. The fourth-order valence-corrected chi connectivity index (χ4v) is 3.53. The van der Waals surface area contributed by atoms with Crippen LogP contribution in [0.25, 0.3) is 0 Å². The number of hydrogen-bond acceptors (Lipinski definition) is 2. The van der Waals surface area contributed by atoms with Gasteiger partial charge in [-0.3, -0.25) is 9.59 Å². The second kappa shape index (κ2) is 8.65. The Balaban J connectivity index is 1.76. The van der Waals surface area contributed by atoms with Crippen molar-refractivity contribution in [3.05, 3.63) is 71.8 Å². The summed E-state index contributed by atoms with van der Waals surface area (Å²) in [6, 6.07) is 18.9. The molecule has 1 heterocycles. The Morgan fingerprint density at radius 1 is 0.846 bits per heavy atom. The number of nitrogens with one attached hydrogen (secondary N) is 1. The van der Waals surface area contributed by atoms with Gasteiger partial charge in [-0.05, 0) is 37.3 Å². The van der Waals surface area contributed by atoms with Gasteiger partial charge >= 0.3 is 0 Å². The van der Waals surface area contributed by atoms with Crippen molar-refractivity contribution < 1.29 is 9.59 Å². The van der Waals surface area contributed by atoms with E-state index in [9.17, 15) is 9.59 Å². The molecule has 0 bridgehead atoms. The average Bonchev–Trinajstić information content (AvgIpc) is 2.70. The number of likely N-dealkylation sites (tertiary alicyclic amines) is 1. The van der Waals surface area contributed by atoms with Crippen molar-refractivity contribution in [2.24, 2.45) is 0 Å². The van der Waals surface area contributed by atoms with Crippen LogP contribution in [-0.4, -0.2) is 35.8 Å². The zero-order valence-corrected chi connectivity index (χ0v) is 15.2. The van der Waals surface area contributed by atoms with E-state index in [0.29, 0.717) is 0 Å². The third-order valence-corrected chi connectivity index (χ3v) is 4.92. The Bertz CT molecular complexity index is 685. The first-order valence-electron chi connectivity index (χ1n) is 9.36. The average molecular weight is 350 g/mol. The number of piperidine rings is 1. The lowest BCUT2D eigenvalue weighted by Gasteiger charge is -2.30. The normalized spacial score (nSPS) is 15.5. The van der Waals surface area contributed by atoms with E-state index in [0.717, 1.165) is 37.1 Å². The van der Waals surface area contributed by atoms with Crippen LogP contribution in [0.15, 0.2) is 60.7 Å². The van der Waals surface area contributed by atoms with E-state index in [1.807, 2.05) is 65.6 Å². The van der Waals surface area contributed by atoms with E-state index in [-0.39, 0.29) is 11.8 Å². The summed E-state index contributed by atoms with van der Waals surface area (Å²) in [5, 5.41) is 2.94. The number of hydrogen-bond donors (Lipinski definition) is 1. The van der Waals surface area contributed by atoms with Gasteiger partial charge in [-0.2, -0.15) is 0 Å². The Kier molecular flexibility index (Phi) is 6.05. The topological polar surface area (TPSA) is 49.4 Å². The van der Waals surface area contributed by atoms with E-state index >= 15 is 0 Å². The fourth-order valence-electron chi connectivity index (χ4n) is 3.53. The minimum absolute atomic E-state index is 0.0120. The summed E-state index contributed by atoms with van der Waals surface area (Å²) in [6.07, 6.45) is 3.26. The first kappa shape index (κ1) is 18.2. The highest BCUT2D eigenvalue weighted by Crippen LogP contribution is 2.25. The van der Waals surface area contributed by atoms with Gasteiger partial charge in [0.2, 0.25) is 11.8 Å². The summed E-state index contributed by atoms with van der Waals surface area (Å²) >= 11 is 0. The molecule has 1 aliphatic heterocycles. The van der Waals surface area contributed by atoms with E-state index in [4.69, 9.17) is 0 Å². The first-order valence-corrected chi connectivity index (χ1v) is 9.36. The van der Waals surface area contributed by atoms with E-state index in [1.165, 1.54) is 6.42 Å². The summed E-state index contributed by atoms with van der Waals surface area (Å²) in [4.78, 5) is 27.6. The lowest BCUT2D eigenvalue weighted by Crippen LogP contribution is -2.49. The molecule has 0 spiro atoms. The predicted molar refractivity (Wildman–Crippen MR) is 103 cm³/mol. The Morgan fingerprint density at radius 2 is 1.35 bits per heavy atom. The molecule has 0 saturated carbocycles. The molecule has 2 aromatic rings. The van der Waals surface area contributed by atoms with Gasteiger partial charge in [0.05, 0.1) is 5.92 Å². The van der Waals surface area contributed by atoms with Gasteiger partial charge in [0.25, 0.3) is 0 Å². The maximum atomic E-state index is 13.1. The smallest absolute Gasteiger partial charge is 0.244 e. The second-order valence-electron chi connectivity index (χ2n) is 6.87. The Hall–Kier alpha value is -2.62. The molecule has 26 heavy (non-hydrogen) atoms. The quantitative estimate of drug-likeness (QED) is 0.899. The largest absolute Gasteiger partial charge is 0.344 e. The van der Waals surface area contributed by atoms with Gasteiger partial charge in [-0.1, -0.05) is 60.7 Å². The Labute approximate surface area is 155 Å². The first-order chi connectivity index (χ1) is 12.7. The standard InChI is InChI=1S/C22H26N2O2/c1-17(22(26)24-15-9-4-10-16-24)23-21(25)20(18-11-5-2-6-12-18)19-13-7-3-8-14-19/h2-3,5-8,11-14,17,20H,4,9-10,15-16H2,1H3,(H,23,25)/t17-/m1/s1. The van der Waals surface area contributed by atoms with Crippen molar-refractivity contribution in [3.63, 3.8) is 0 Å². The monoisotopic (exact) mass is 350 g/mol. The molecular formula is C22H26N2O2. The van der Waals surface area contributed by atoms with Crippen molar-refractivity contribution in [1.29, 1.82) is 0 Å². The molecule has 1 fully saturated rings.